The average Bonchev–Trinajstić information content (AvgIpc) is 2.92. The van der Waals surface area contributed by atoms with Gasteiger partial charge in [0, 0.05) is 6.07 Å². The first-order valence-electron chi connectivity index (χ1n) is 5.96. The summed E-state index contributed by atoms with van der Waals surface area (Å²) < 4.78 is 30.8. The van der Waals surface area contributed by atoms with Gasteiger partial charge in [0.15, 0.2) is 6.61 Å². The highest BCUT2D eigenvalue weighted by Gasteiger charge is 2.11. The Morgan fingerprint density at radius 1 is 1.24 bits per heavy atom. The maximum atomic E-state index is 13.3. The van der Waals surface area contributed by atoms with Gasteiger partial charge in [-0.3, -0.25) is 9.59 Å². The van der Waals surface area contributed by atoms with E-state index in [1.165, 1.54) is 11.3 Å². The maximum absolute atomic E-state index is 13.3. The minimum atomic E-state index is -0.895. The van der Waals surface area contributed by atoms with Gasteiger partial charge in [0.25, 0.3) is 5.91 Å². The molecule has 0 bridgehead atoms. The Morgan fingerprint density at radius 2 is 2.05 bits per heavy atom. The summed E-state index contributed by atoms with van der Waals surface area (Å²) in [5.41, 5.74) is 0.630. The van der Waals surface area contributed by atoms with E-state index in [0.717, 1.165) is 17.7 Å². The second kappa shape index (κ2) is 6.94. The van der Waals surface area contributed by atoms with Crippen LogP contribution in [0.25, 0.3) is 0 Å². The Balaban J connectivity index is 1.80. The van der Waals surface area contributed by atoms with E-state index in [1.54, 1.807) is 11.4 Å². The molecule has 21 heavy (non-hydrogen) atoms. The van der Waals surface area contributed by atoms with E-state index in [2.05, 4.69) is 5.32 Å². The van der Waals surface area contributed by atoms with Crippen molar-refractivity contribution in [1.29, 1.82) is 0 Å². The predicted molar refractivity (Wildman–Crippen MR) is 74.0 cm³/mol. The van der Waals surface area contributed by atoms with E-state index in [9.17, 15) is 18.4 Å². The van der Waals surface area contributed by atoms with E-state index in [4.69, 9.17) is 4.74 Å². The highest BCUT2D eigenvalue weighted by atomic mass is 32.1. The fourth-order valence-corrected chi connectivity index (χ4v) is 2.20. The van der Waals surface area contributed by atoms with Crippen molar-refractivity contribution in [1.82, 2.24) is 0 Å². The number of carbonyl (C=O) groups excluding carboxylic acids is 2. The molecule has 0 atom stereocenters. The van der Waals surface area contributed by atoms with Gasteiger partial charge < -0.3 is 10.1 Å². The molecule has 0 saturated carbocycles. The van der Waals surface area contributed by atoms with Crippen LogP contribution >= 0.6 is 11.3 Å². The van der Waals surface area contributed by atoms with E-state index >= 15 is 0 Å². The summed E-state index contributed by atoms with van der Waals surface area (Å²) in [4.78, 5) is 23.0. The second-order valence-corrected chi connectivity index (χ2v) is 4.92. The van der Waals surface area contributed by atoms with E-state index < -0.39 is 30.1 Å². The van der Waals surface area contributed by atoms with Crippen LogP contribution in [0.15, 0.2) is 35.0 Å². The fraction of sp³-hybridized carbons (Fsp3) is 0.143. The average molecular weight is 311 g/mol. The second-order valence-electron chi connectivity index (χ2n) is 4.14. The lowest BCUT2D eigenvalue weighted by molar-refractivity contribution is -0.146. The molecule has 1 N–H and O–H groups in total. The highest BCUT2D eigenvalue weighted by molar-refractivity contribution is 7.07. The number of ether oxygens (including phenoxy) is 1. The van der Waals surface area contributed by atoms with Gasteiger partial charge in [0.1, 0.15) is 11.6 Å². The number of thiophene rings is 1. The number of carbonyl (C=O) groups is 2. The third-order valence-electron chi connectivity index (χ3n) is 2.50. The molecule has 0 saturated heterocycles. The summed E-state index contributed by atoms with van der Waals surface area (Å²) in [5.74, 6) is -2.89. The molecule has 2 rings (SSSR count). The van der Waals surface area contributed by atoms with Crippen LogP contribution in [0, 0.1) is 11.6 Å². The summed E-state index contributed by atoms with van der Waals surface area (Å²) in [6.45, 7) is -0.528. The molecule has 0 spiro atoms. The first-order valence-corrected chi connectivity index (χ1v) is 6.90. The molecule has 0 unspecified atom stereocenters. The molecule has 110 valence electrons. The monoisotopic (exact) mass is 311 g/mol. The number of halogens is 2. The van der Waals surface area contributed by atoms with Gasteiger partial charge in [-0.2, -0.15) is 11.3 Å². The van der Waals surface area contributed by atoms with E-state index in [1.807, 2.05) is 5.38 Å². The van der Waals surface area contributed by atoms with Crippen LogP contribution in [0.2, 0.25) is 0 Å². The number of esters is 1. The standard InChI is InChI=1S/C14H11F2NO3S/c15-10-1-2-12(11(16)6-10)17-13(18)7-20-14(19)5-9-3-4-21-8-9/h1-4,6,8H,5,7H2,(H,17,18). The summed E-state index contributed by atoms with van der Waals surface area (Å²) in [6.07, 6.45) is 0.0711. The molecule has 0 aliphatic heterocycles. The van der Waals surface area contributed by atoms with Crippen LogP contribution < -0.4 is 5.32 Å². The minimum absolute atomic E-state index is 0.0711. The van der Waals surface area contributed by atoms with Crippen LogP contribution in [-0.4, -0.2) is 18.5 Å². The Morgan fingerprint density at radius 3 is 2.71 bits per heavy atom. The summed E-state index contributed by atoms with van der Waals surface area (Å²) in [5, 5.41) is 5.82. The third-order valence-corrected chi connectivity index (χ3v) is 3.23. The van der Waals surface area contributed by atoms with E-state index in [-0.39, 0.29) is 12.1 Å². The van der Waals surface area contributed by atoms with Crippen molar-refractivity contribution in [3.05, 3.63) is 52.2 Å². The topological polar surface area (TPSA) is 55.4 Å². The van der Waals surface area contributed by atoms with Gasteiger partial charge in [-0.05, 0) is 34.5 Å². The van der Waals surface area contributed by atoms with Crippen LogP contribution in [0.4, 0.5) is 14.5 Å². The van der Waals surface area contributed by atoms with Gasteiger partial charge in [0.05, 0.1) is 12.1 Å². The van der Waals surface area contributed by atoms with Gasteiger partial charge in [-0.15, -0.1) is 0 Å². The molecule has 1 aromatic heterocycles. The number of hydrogen-bond acceptors (Lipinski definition) is 4. The number of amides is 1. The summed E-state index contributed by atoms with van der Waals surface area (Å²) >= 11 is 1.45. The molecule has 2 aromatic rings. The molecular weight excluding hydrogens is 300 g/mol. The molecule has 1 amide bonds. The van der Waals surface area contributed by atoms with Crippen LogP contribution in [0.5, 0.6) is 0 Å². The lowest BCUT2D eigenvalue weighted by atomic mass is 10.2. The van der Waals surface area contributed by atoms with Crippen molar-refractivity contribution in [3.8, 4) is 0 Å². The van der Waals surface area contributed by atoms with Gasteiger partial charge in [0.2, 0.25) is 0 Å². The molecule has 1 aromatic carbocycles. The van der Waals surface area contributed by atoms with Gasteiger partial charge in [-0.25, -0.2) is 8.78 Å². The molecule has 7 heteroatoms. The molecule has 0 aliphatic carbocycles. The summed E-state index contributed by atoms with van der Waals surface area (Å²) in [7, 11) is 0. The summed E-state index contributed by atoms with van der Waals surface area (Å²) in [6, 6.07) is 4.54. The van der Waals surface area contributed by atoms with Crippen LogP contribution in [0.3, 0.4) is 0 Å². The highest BCUT2D eigenvalue weighted by Crippen LogP contribution is 2.14. The SMILES string of the molecule is O=C(COC(=O)Cc1ccsc1)Nc1ccc(F)cc1F. The molecule has 0 aliphatic rings. The number of nitrogens with one attached hydrogen (secondary N) is 1. The van der Waals surface area contributed by atoms with Crippen molar-refractivity contribution in [2.24, 2.45) is 0 Å². The minimum Gasteiger partial charge on any atom is -0.455 e. The molecule has 0 fully saturated rings. The third kappa shape index (κ3) is 4.64. The Hall–Kier alpha value is -2.28. The molecule has 4 nitrogen and oxygen atoms in total. The van der Waals surface area contributed by atoms with Crippen molar-refractivity contribution in [3.63, 3.8) is 0 Å². The molecular formula is C14H11F2NO3S. The number of hydrogen-bond donors (Lipinski definition) is 1. The lowest BCUT2D eigenvalue weighted by Gasteiger charge is -2.07. The smallest absolute Gasteiger partial charge is 0.310 e. The first-order chi connectivity index (χ1) is 10.0. The predicted octanol–water partition coefficient (Wildman–Crippen LogP) is 2.75. The Labute approximate surface area is 123 Å². The van der Waals surface area contributed by atoms with Crippen LogP contribution in [-0.2, 0) is 20.7 Å². The number of rotatable bonds is 5. The Kier molecular flexibility index (Phi) is 4.99. The van der Waals surface area contributed by atoms with Crippen molar-refractivity contribution < 1.29 is 23.1 Å². The zero-order valence-electron chi connectivity index (χ0n) is 10.8. The largest absolute Gasteiger partial charge is 0.455 e. The quantitative estimate of drug-likeness (QED) is 0.864. The maximum Gasteiger partial charge on any atom is 0.310 e. The Bertz CT molecular complexity index is 644. The van der Waals surface area contributed by atoms with Crippen molar-refractivity contribution in [2.75, 3.05) is 11.9 Å². The molecule has 1 heterocycles. The van der Waals surface area contributed by atoms with E-state index in [0.29, 0.717) is 6.07 Å². The zero-order chi connectivity index (χ0) is 15.2. The number of benzene rings is 1. The van der Waals surface area contributed by atoms with Crippen LogP contribution in [0.1, 0.15) is 5.56 Å². The van der Waals surface area contributed by atoms with Crippen molar-refractivity contribution in [2.45, 2.75) is 6.42 Å². The number of anilines is 1. The van der Waals surface area contributed by atoms with Gasteiger partial charge in [-0.1, -0.05) is 0 Å². The lowest BCUT2D eigenvalue weighted by Crippen LogP contribution is -2.22. The first kappa shape index (κ1) is 15.1. The normalized spacial score (nSPS) is 10.2. The zero-order valence-corrected chi connectivity index (χ0v) is 11.6. The van der Waals surface area contributed by atoms with Gasteiger partial charge >= 0.3 is 5.97 Å². The fourth-order valence-electron chi connectivity index (χ4n) is 1.53. The van der Waals surface area contributed by atoms with Crippen molar-refractivity contribution >= 4 is 28.9 Å². The molecule has 0 radical (unpaired) electrons.